The van der Waals surface area contributed by atoms with Gasteiger partial charge in [-0.05, 0) is 56.8 Å². The van der Waals surface area contributed by atoms with Gasteiger partial charge in [0.25, 0.3) is 0 Å². The molecule has 3 atom stereocenters. The van der Waals surface area contributed by atoms with E-state index in [-0.39, 0.29) is 11.9 Å². The van der Waals surface area contributed by atoms with Crippen LogP contribution in [0.25, 0.3) is 0 Å². The quantitative estimate of drug-likeness (QED) is 0.660. The minimum absolute atomic E-state index is 0.0625. The smallest absolute Gasteiger partial charge is 0.123 e. The number of nitrogens with zero attached hydrogens (tertiary/aromatic N) is 1. The highest BCUT2D eigenvalue weighted by molar-refractivity contribution is 5.37. The van der Waals surface area contributed by atoms with Crippen LogP contribution in [0, 0.1) is 11.7 Å². The van der Waals surface area contributed by atoms with Crippen LogP contribution in [0.3, 0.4) is 0 Å². The van der Waals surface area contributed by atoms with Gasteiger partial charge in [0.15, 0.2) is 0 Å². The fraction of sp³-hybridized carbons (Fsp3) is 0.625. The highest BCUT2D eigenvalue weighted by Crippen LogP contribution is 2.43. The third-order valence-corrected chi connectivity index (χ3v) is 5.31. The summed E-state index contributed by atoms with van der Waals surface area (Å²) in [7, 11) is 3.83. The molecule has 3 N–H and O–H groups in total. The predicted molar refractivity (Wildman–Crippen MR) is 80.3 cm³/mol. The lowest BCUT2D eigenvalue weighted by atomic mass is 9.82. The van der Waals surface area contributed by atoms with E-state index >= 15 is 0 Å². The van der Waals surface area contributed by atoms with Crippen LogP contribution < -0.4 is 16.0 Å². The molecular formula is C16H24FN3O. The van der Waals surface area contributed by atoms with Gasteiger partial charge < -0.3 is 9.64 Å². The molecule has 2 saturated heterocycles. The van der Waals surface area contributed by atoms with Crippen molar-refractivity contribution in [1.29, 1.82) is 0 Å². The average molecular weight is 293 g/mol. The molecule has 116 valence electrons. The molecule has 1 aromatic carbocycles. The Bertz CT molecular complexity index is 496. The van der Waals surface area contributed by atoms with E-state index in [0.717, 1.165) is 18.4 Å². The summed E-state index contributed by atoms with van der Waals surface area (Å²) in [6.07, 6.45) is 4.72. The van der Waals surface area contributed by atoms with E-state index in [4.69, 9.17) is 10.6 Å². The van der Waals surface area contributed by atoms with E-state index in [2.05, 4.69) is 17.4 Å². The Labute approximate surface area is 125 Å². The van der Waals surface area contributed by atoms with E-state index in [1.807, 2.05) is 0 Å². The van der Waals surface area contributed by atoms with Crippen molar-refractivity contribution in [2.24, 2.45) is 11.8 Å². The second-order valence-corrected chi connectivity index (χ2v) is 6.31. The molecule has 5 heteroatoms. The Hall–Kier alpha value is -1.17. The highest BCUT2D eigenvalue weighted by atomic mass is 19.1. The topological polar surface area (TPSA) is 50.5 Å². The van der Waals surface area contributed by atoms with Gasteiger partial charge in [-0.2, -0.15) is 0 Å². The van der Waals surface area contributed by atoms with E-state index in [9.17, 15) is 4.39 Å². The van der Waals surface area contributed by atoms with E-state index < -0.39 is 0 Å². The Morgan fingerprint density at radius 2 is 2.00 bits per heavy atom. The number of nitrogens with two attached hydrogens (primary N) is 1. The lowest BCUT2D eigenvalue weighted by Crippen LogP contribution is -2.45. The van der Waals surface area contributed by atoms with Crippen LogP contribution in [0.15, 0.2) is 18.2 Å². The first kappa shape index (κ1) is 14.8. The van der Waals surface area contributed by atoms with Crippen molar-refractivity contribution in [2.45, 2.75) is 43.8 Å². The summed E-state index contributed by atoms with van der Waals surface area (Å²) in [5.74, 6) is 6.68. The SMILES string of the molecule is COc1ccc(F)cc1C(NN)C1CC2CCC(C1)N2C. The van der Waals surface area contributed by atoms with Crippen LogP contribution in [0.1, 0.15) is 37.3 Å². The maximum absolute atomic E-state index is 13.6. The summed E-state index contributed by atoms with van der Waals surface area (Å²) in [6, 6.07) is 5.84. The maximum atomic E-state index is 13.6. The van der Waals surface area contributed by atoms with Crippen molar-refractivity contribution in [3.05, 3.63) is 29.6 Å². The summed E-state index contributed by atoms with van der Waals surface area (Å²) in [5, 5.41) is 0. The second-order valence-electron chi connectivity index (χ2n) is 6.31. The number of piperidine rings is 1. The van der Waals surface area contributed by atoms with E-state index in [1.165, 1.54) is 18.9 Å². The summed E-state index contributed by atoms with van der Waals surface area (Å²) in [4.78, 5) is 2.49. The number of rotatable bonds is 4. The minimum Gasteiger partial charge on any atom is -0.496 e. The number of nitrogens with one attached hydrogen (secondary N) is 1. The van der Waals surface area contributed by atoms with Gasteiger partial charge in [-0.1, -0.05) is 0 Å². The van der Waals surface area contributed by atoms with Crippen molar-refractivity contribution >= 4 is 0 Å². The van der Waals surface area contributed by atoms with Crippen LogP contribution >= 0.6 is 0 Å². The van der Waals surface area contributed by atoms with Gasteiger partial charge in [-0.25, -0.2) is 4.39 Å². The number of methoxy groups -OCH3 is 1. The molecule has 0 saturated carbocycles. The molecule has 3 rings (SSSR count). The molecule has 0 amide bonds. The number of fused-ring (bicyclic) bond motifs is 2. The summed E-state index contributed by atoms with van der Waals surface area (Å²) < 4.78 is 19.0. The van der Waals surface area contributed by atoms with Crippen LogP contribution in [-0.4, -0.2) is 31.1 Å². The molecule has 4 nitrogen and oxygen atoms in total. The number of halogens is 1. The van der Waals surface area contributed by atoms with Gasteiger partial charge in [-0.3, -0.25) is 11.3 Å². The Balaban J connectivity index is 1.87. The molecule has 21 heavy (non-hydrogen) atoms. The van der Waals surface area contributed by atoms with Crippen molar-refractivity contribution in [3.8, 4) is 5.75 Å². The highest BCUT2D eigenvalue weighted by Gasteiger charge is 2.41. The number of hydrogen-bond acceptors (Lipinski definition) is 4. The zero-order chi connectivity index (χ0) is 15.0. The largest absolute Gasteiger partial charge is 0.496 e. The lowest BCUT2D eigenvalue weighted by Gasteiger charge is -2.40. The third kappa shape index (κ3) is 2.65. The number of hydrazine groups is 1. The van der Waals surface area contributed by atoms with Gasteiger partial charge in [0.05, 0.1) is 13.2 Å². The van der Waals surface area contributed by atoms with E-state index in [0.29, 0.717) is 23.8 Å². The first-order valence-electron chi connectivity index (χ1n) is 7.65. The first-order valence-corrected chi connectivity index (χ1v) is 7.65. The Morgan fingerprint density at radius 1 is 1.33 bits per heavy atom. The first-order chi connectivity index (χ1) is 10.1. The average Bonchev–Trinajstić information content (AvgIpc) is 2.70. The van der Waals surface area contributed by atoms with Crippen molar-refractivity contribution < 1.29 is 9.13 Å². The number of hydrogen-bond donors (Lipinski definition) is 2. The van der Waals surface area contributed by atoms with Crippen LogP contribution in [-0.2, 0) is 0 Å². The number of ether oxygens (including phenoxy) is 1. The monoisotopic (exact) mass is 293 g/mol. The van der Waals surface area contributed by atoms with Crippen molar-refractivity contribution in [3.63, 3.8) is 0 Å². The Kier molecular flexibility index (Phi) is 4.15. The van der Waals surface area contributed by atoms with Crippen LogP contribution in [0.4, 0.5) is 4.39 Å². The molecular weight excluding hydrogens is 269 g/mol. The molecule has 0 radical (unpaired) electrons. The molecule has 1 aromatic rings. The van der Waals surface area contributed by atoms with Crippen molar-refractivity contribution in [1.82, 2.24) is 10.3 Å². The normalized spacial score (nSPS) is 30.4. The van der Waals surface area contributed by atoms with Gasteiger partial charge in [-0.15, -0.1) is 0 Å². The molecule has 2 aliphatic rings. The lowest BCUT2D eigenvalue weighted by molar-refractivity contribution is 0.111. The summed E-state index contributed by atoms with van der Waals surface area (Å²) in [5.41, 5.74) is 3.74. The molecule has 0 aliphatic carbocycles. The fourth-order valence-corrected chi connectivity index (χ4v) is 4.15. The fourth-order valence-electron chi connectivity index (χ4n) is 4.15. The molecule has 2 aliphatic heterocycles. The van der Waals surface area contributed by atoms with Gasteiger partial charge in [0.2, 0.25) is 0 Å². The maximum Gasteiger partial charge on any atom is 0.123 e. The molecule has 2 heterocycles. The minimum atomic E-state index is -0.248. The van der Waals surface area contributed by atoms with Crippen molar-refractivity contribution in [2.75, 3.05) is 14.2 Å². The van der Waals surface area contributed by atoms with E-state index in [1.54, 1.807) is 19.2 Å². The standard InChI is InChI=1S/C16H24FN3O/c1-20-12-4-5-13(20)8-10(7-12)16(19-18)14-9-11(17)3-6-15(14)21-2/h3,6,9-10,12-13,16,19H,4-5,7-8,18H2,1-2H3. The molecule has 2 bridgehead atoms. The molecule has 3 unspecified atom stereocenters. The van der Waals surface area contributed by atoms with Crippen LogP contribution in [0.5, 0.6) is 5.75 Å². The summed E-state index contributed by atoms with van der Waals surface area (Å²) >= 11 is 0. The number of benzene rings is 1. The van der Waals surface area contributed by atoms with Gasteiger partial charge >= 0.3 is 0 Å². The van der Waals surface area contributed by atoms with Gasteiger partial charge in [0.1, 0.15) is 11.6 Å². The molecule has 0 spiro atoms. The zero-order valence-corrected chi connectivity index (χ0v) is 12.7. The van der Waals surface area contributed by atoms with Gasteiger partial charge in [0, 0.05) is 17.6 Å². The van der Waals surface area contributed by atoms with Crippen LogP contribution in [0.2, 0.25) is 0 Å². The third-order valence-electron chi connectivity index (χ3n) is 5.31. The molecule has 0 aromatic heterocycles. The summed E-state index contributed by atoms with van der Waals surface area (Å²) in [6.45, 7) is 0. The molecule has 2 fully saturated rings. The second kappa shape index (κ2) is 5.91. The predicted octanol–water partition coefficient (Wildman–Crippen LogP) is 2.21. The zero-order valence-electron chi connectivity index (χ0n) is 12.7. The Morgan fingerprint density at radius 3 is 2.57 bits per heavy atom.